The summed E-state index contributed by atoms with van der Waals surface area (Å²) >= 11 is 0. The van der Waals surface area contributed by atoms with Gasteiger partial charge in [-0.2, -0.15) is 0 Å². The van der Waals surface area contributed by atoms with Crippen LogP contribution < -0.4 is 15.3 Å². The molecule has 0 aliphatic heterocycles. The van der Waals surface area contributed by atoms with Gasteiger partial charge in [0.2, 0.25) is 0 Å². The summed E-state index contributed by atoms with van der Waals surface area (Å²) in [6.45, 7) is 2.08. The van der Waals surface area contributed by atoms with Crippen molar-refractivity contribution in [2.75, 3.05) is 39.6 Å². The molecule has 0 saturated heterocycles. The number of aliphatic carboxylic acids is 3. The molecule has 270 valence electrons. The van der Waals surface area contributed by atoms with E-state index in [0.29, 0.717) is 0 Å². The van der Waals surface area contributed by atoms with E-state index in [1.54, 1.807) is 0 Å². The summed E-state index contributed by atoms with van der Waals surface area (Å²) in [6, 6.07) is 0. The minimum atomic E-state index is -1.86. The van der Waals surface area contributed by atoms with Crippen LogP contribution in [-0.4, -0.2) is 209 Å². The van der Waals surface area contributed by atoms with E-state index in [1.165, 1.54) is 20.8 Å². The molecule has 0 amide bonds. The van der Waals surface area contributed by atoms with Crippen molar-refractivity contribution in [1.82, 2.24) is 0 Å². The van der Waals surface area contributed by atoms with Crippen LogP contribution in [0.15, 0.2) is 0 Å². The monoisotopic (exact) mass is 696 g/mol. The maximum absolute atomic E-state index is 10.5. The number of hydrogen-bond acceptors (Lipinski definition) is 21. The minimum absolute atomic E-state index is 0. The van der Waals surface area contributed by atoms with Crippen LogP contribution in [-0.2, 0) is 28.6 Å². The van der Waals surface area contributed by atoms with Gasteiger partial charge < -0.3 is 105 Å². The van der Waals surface area contributed by atoms with Crippen LogP contribution >= 0.6 is 0 Å². The third-order valence-corrected chi connectivity index (χ3v) is 5.46. The van der Waals surface area contributed by atoms with Gasteiger partial charge in [0, 0.05) is 19.8 Å². The fourth-order valence-electron chi connectivity index (χ4n) is 3.00. The van der Waals surface area contributed by atoms with E-state index in [2.05, 4.69) is 14.2 Å². The molecule has 46 heavy (non-hydrogen) atoms. The van der Waals surface area contributed by atoms with Gasteiger partial charge in [0.05, 0.1) is 37.7 Å². The molecule has 0 aromatic rings. The van der Waals surface area contributed by atoms with Gasteiger partial charge in [-0.3, -0.25) is 0 Å². The van der Waals surface area contributed by atoms with Crippen molar-refractivity contribution in [3.8, 4) is 0 Å². The van der Waals surface area contributed by atoms with E-state index in [1.807, 2.05) is 0 Å². The second-order valence-electron chi connectivity index (χ2n) is 8.78. The maximum atomic E-state index is 10.5. The molecule has 0 aliphatic rings. The largest absolute Gasteiger partial charge is 3.00 e. The number of rotatable bonds is 21. The Morgan fingerprint density at radius 2 is 0.630 bits per heavy atom. The van der Waals surface area contributed by atoms with Crippen LogP contribution in [0.4, 0.5) is 0 Å². The normalized spacial score (nSPS) is 18.8. The Labute approximate surface area is 274 Å². The Bertz CT molecular complexity index is 693. The Morgan fingerprint density at radius 3 is 0.739 bits per heavy atom. The number of aliphatic hydroxyl groups is 12. The van der Waals surface area contributed by atoms with E-state index < -0.39 is 111 Å². The molecule has 0 aromatic heterocycles. The fourth-order valence-corrected chi connectivity index (χ4v) is 3.00. The summed E-state index contributed by atoms with van der Waals surface area (Å²) in [7, 11) is 0. The summed E-state index contributed by atoms with van der Waals surface area (Å²) in [5, 5.41) is 139. The van der Waals surface area contributed by atoms with Gasteiger partial charge in [0.15, 0.2) is 0 Å². The zero-order valence-corrected chi connectivity index (χ0v) is 26.4. The molecule has 12 atom stereocenters. The van der Waals surface area contributed by atoms with E-state index in [9.17, 15) is 60.3 Å². The molecule has 0 heterocycles. The Morgan fingerprint density at radius 1 is 0.457 bits per heavy atom. The number of carbonyl (C=O) groups excluding carboxylic acids is 3. The van der Waals surface area contributed by atoms with Crippen molar-refractivity contribution in [3.63, 3.8) is 0 Å². The van der Waals surface area contributed by atoms with Crippen molar-refractivity contribution in [2.45, 2.75) is 94.0 Å². The van der Waals surface area contributed by atoms with Gasteiger partial charge >= 0.3 is 17.4 Å². The van der Waals surface area contributed by atoms with E-state index in [0.717, 1.165) is 0 Å². The smallest absolute Gasteiger partial charge is 0.547 e. The summed E-state index contributed by atoms with van der Waals surface area (Å²) in [5.41, 5.74) is 0. The molecule has 12 unspecified atom stereocenters. The van der Waals surface area contributed by atoms with Gasteiger partial charge in [-0.1, -0.05) is 0 Å². The molecular formula is C24H45AlO21. The van der Waals surface area contributed by atoms with Crippen LogP contribution in [0.2, 0.25) is 0 Å². The Kier molecular flexibility index (Phi) is 31.6. The zero-order chi connectivity index (χ0) is 36.0. The number of carboxylic acids is 3. The van der Waals surface area contributed by atoms with Crippen LogP contribution in [0.5, 0.6) is 0 Å². The van der Waals surface area contributed by atoms with Crippen molar-refractivity contribution in [2.24, 2.45) is 0 Å². The number of ether oxygens (including phenoxy) is 3. The topological polar surface area (TPSA) is 391 Å². The van der Waals surface area contributed by atoms with Crippen LogP contribution in [0.25, 0.3) is 0 Å². The number of hydrogen-bond donors (Lipinski definition) is 12. The minimum Gasteiger partial charge on any atom is -0.547 e. The number of carboxylic acid groups (broad SMARTS) is 3. The quantitative estimate of drug-likeness (QED) is 0.0495. The molecule has 0 aliphatic carbocycles. The summed E-state index contributed by atoms with van der Waals surface area (Å²) < 4.78 is 13.8. The average molecular weight is 697 g/mol. The third-order valence-electron chi connectivity index (χ3n) is 5.46. The fraction of sp³-hybridized carbons (Fsp3) is 0.875. The van der Waals surface area contributed by atoms with Gasteiger partial charge in [-0.25, -0.2) is 0 Å². The molecule has 0 bridgehead atoms. The molecule has 22 heteroatoms. The molecule has 12 N–H and O–H groups in total. The molecule has 0 saturated carbocycles. The third kappa shape index (κ3) is 19.2. The second-order valence-corrected chi connectivity index (χ2v) is 8.78. The first-order valence-electron chi connectivity index (χ1n) is 13.3. The van der Waals surface area contributed by atoms with Crippen molar-refractivity contribution in [3.05, 3.63) is 0 Å². The first-order valence-corrected chi connectivity index (χ1v) is 13.3. The Hall–Kier alpha value is -1.66. The molecule has 21 nitrogen and oxygen atoms in total. The molecule has 0 aromatic carbocycles. The maximum Gasteiger partial charge on any atom is 3.00 e. The molecule has 0 rings (SSSR count). The van der Waals surface area contributed by atoms with Gasteiger partial charge in [-0.15, -0.1) is 0 Å². The van der Waals surface area contributed by atoms with Crippen LogP contribution in [0, 0.1) is 0 Å². The Balaban J connectivity index is -0.000000285. The predicted molar refractivity (Wildman–Crippen MR) is 142 cm³/mol. The molecule has 0 fully saturated rings. The van der Waals surface area contributed by atoms with E-state index in [4.69, 9.17) is 30.6 Å². The van der Waals surface area contributed by atoms with Crippen molar-refractivity contribution >= 4 is 35.3 Å². The first-order chi connectivity index (χ1) is 20.9. The number of carbonyl (C=O) groups is 3. The first kappa shape index (κ1) is 51.2. The van der Waals surface area contributed by atoms with Gasteiger partial charge in [-0.05, 0) is 20.8 Å². The molecular weight excluding hydrogens is 651 g/mol. The predicted octanol–water partition coefficient (Wildman–Crippen LogP) is -11.7. The average Bonchev–Trinajstić information content (AvgIpc) is 3.01. The van der Waals surface area contributed by atoms with Crippen molar-refractivity contribution in [1.29, 1.82) is 0 Å². The second kappa shape index (κ2) is 28.4. The van der Waals surface area contributed by atoms with Gasteiger partial charge in [0.1, 0.15) is 73.2 Å². The number of aliphatic hydroxyl groups excluding tert-OH is 12. The van der Waals surface area contributed by atoms with Crippen LogP contribution in [0.3, 0.4) is 0 Å². The molecule has 0 radical (unpaired) electrons. The summed E-state index contributed by atoms with van der Waals surface area (Å²) in [4.78, 5) is 31.5. The standard InChI is InChI=1S/3C8H16O7.Al/c3*1-2-15-7(8(13)14)6(12)5(11)4(10)3-9;/h3*4-7,9-12H,2-3H2,1H3,(H,13,14);/q;;;+3/p-3. The van der Waals surface area contributed by atoms with E-state index >= 15 is 0 Å². The van der Waals surface area contributed by atoms with Crippen LogP contribution in [0.1, 0.15) is 20.8 Å². The van der Waals surface area contributed by atoms with E-state index in [-0.39, 0.29) is 37.2 Å². The molecule has 0 spiro atoms. The summed E-state index contributed by atoms with van der Waals surface area (Å²) in [5.74, 6) is -5.10. The summed E-state index contributed by atoms with van der Waals surface area (Å²) in [6.07, 6.45) is -21.2. The SMILES string of the molecule is CCOC(C(=O)[O-])C(O)C(O)C(O)CO.CCOC(C(=O)[O-])C(O)C(O)C(O)CO.CCOC(C(=O)[O-])C(O)C(O)C(O)CO.[Al+3]. The van der Waals surface area contributed by atoms with Crippen molar-refractivity contribution < 1.29 is 105 Å². The zero-order valence-electron chi connectivity index (χ0n) is 25.3. The van der Waals surface area contributed by atoms with Gasteiger partial charge in [0.25, 0.3) is 0 Å².